The van der Waals surface area contributed by atoms with E-state index >= 15 is 9.59 Å². The van der Waals surface area contributed by atoms with Crippen LogP contribution in [-0.2, 0) is 54.1 Å². The smallest absolute Gasteiger partial charge is 0.197 e. The van der Waals surface area contributed by atoms with Crippen molar-refractivity contribution in [3.63, 3.8) is 0 Å². The van der Waals surface area contributed by atoms with Crippen molar-refractivity contribution in [3.8, 4) is 11.4 Å². The van der Waals surface area contributed by atoms with Crippen LogP contribution in [-0.4, -0.2) is 9.13 Å². The molecule has 0 saturated carbocycles. The van der Waals surface area contributed by atoms with Gasteiger partial charge in [0.25, 0.3) is 0 Å². The molecule has 4 heteroatoms. The van der Waals surface area contributed by atoms with Crippen molar-refractivity contribution in [2.24, 2.45) is 0 Å². The van der Waals surface area contributed by atoms with Crippen LogP contribution in [0.1, 0.15) is 263 Å². The highest BCUT2D eigenvalue weighted by molar-refractivity contribution is 6.06. The zero-order valence-electron chi connectivity index (χ0n) is 53.5. The summed E-state index contributed by atoms with van der Waals surface area (Å²) in [4.78, 5) is 32.7. The maximum absolute atomic E-state index is 16.3. The summed E-state index contributed by atoms with van der Waals surface area (Å²) in [7, 11) is 0. The van der Waals surface area contributed by atoms with Gasteiger partial charge in [-0.2, -0.15) is 0 Å². The van der Waals surface area contributed by atoms with E-state index in [0.29, 0.717) is 21.5 Å². The molecule has 4 nitrogen and oxygen atoms in total. The highest BCUT2D eigenvalue weighted by atomic mass is 16.1. The van der Waals surface area contributed by atoms with E-state index in [9.17, 15) is 0 Å². The Kier molecular flexibility index (Phi) is 13.7. The second kappa shape index (κ2) is 17.8. The van der Waals surface area contributed by atoms with Crippen molar-refractivity contribution < 1.29 is 0 Å². The van der Waals surface area contributed by atoms with Gasteiger partial charge in [0, 0.05) is 21.5 Å². The summed E-state index contributed by atoms with van der Waals surface area (Å²) < 4.78 is 4.86. The fraction of sp³-hybridized carbons (Fsp3) is 0.556. The number of benzene rings is 5. The maximum atomic E-state index is 16.3. The summed E-state index contributed by atoms with van der Waals surface area (Å²) in [5.74, 6) is 0. The van der Waals surface area contributed by atoms with E-state index < -0.39 is 0 Å². The van der Waals surface area contributed by atoms with E-state index in [2.05, 4.69) is 278 Å². The molecule has 5 aromatic carbocycles. The lowest BCUT2D eigenvalue weighted by Gasteiger charge is -2.36. The minimum atomic E-state index is -0.309. The molecule has 0 radical (unpaired) electrons. The number of fused-ring (bicyclic) bond motifs is 4. The minimum Gasteiger partial charge on any atom is -0.308 e. The summed E-state index contributed by atoms with van der Waals surface area (Å²) in [6.45, 7) is 69.0. The topological polar surface area (TPSA) is 44.0 Å². The number of rotatable bonds is 2. The highest BCUT2D eigenvalue weighted by Gasteiger charge is 2.37. The summed E-state index contributed by atoms with van der Waals surface area (Å²) in [5, 5.41) is 2.56. The molecule has 2 heterocycles. The van der Waals surface area contributed by atoms with Crippen molar-refractivity contribution in [2.45, 2.75) is 262 Å². The molecule has 0 aliphatic rings. The zero-order valence-corrected chi connectivity index (χ0v) is 53.5. The first-order valence-corrected chi connectivity index (χ1v) is 28.5. The van der Waals surface area contributed by atoms with Gasteiger partial charge in [0.2, 0.25) is 0 Å². The fourth-order valence-corrected chi connectivity index (χ4v) is 11.6. The van der Waals surface area contributed by atoms with E-state index in [4.69, 9.17) is 0 Å². The van der Waals surface area contributed by atoms with Crippen LogP contribution in [0.3, 0.4) is 0 Å². The molecule has 0 atom stereocenters. The zero-order chi connectivity index (χ0) is 57.9. The van der Waals surface area contributed by atoms with E-state index in [1.807, 2.05) is 0 Å². The molecule has 0 aliphatic carbocycles. The Bertz CT molecular complexity index is 3310. The van der Waals surface area contributed by atoms with Crippen LogP contribution in [0.15, 0.2) is 70.3 Å². The van der Waals surface area contributed by atoms with Crippen LogP contribution in [0, 0.1) is 0 Å². The number of hydrogen-bond donors (Lipinski definition) is 0. The third-order valence-corrected chi connectivity index (χ3v) is 16.2. The molecule has 7 rings (SSSR count). The molecular weight excluding hydrogens is 925 g/mol. The van der Waals surface area contributed by atoms with Gasteiger partial charge in [0.15, 0.2) is 10.9 Å². The molecule has 0 unspecified atom stereocenters. The van der Waals surface area contributed by atoms with Crippen LogP contribution in [0.2, 0.25) is 0 Å². The molecule has 0 bridgehead atoms. The standard InChI is InChI=1S/C72H100N2O2/c1-63(2,3)41-31-51(69(19,20)21)59(52(32-41)70(22,23)24)73-55-37-46-56(38-45(55)61(75)43-35-47(65(7,8)9)49(39-57(43)73)67(13,14)15)74(58-40-50(68(16,17)18)48(66(10,11)12)36-44(58)62(46)76)60-53(71(25,26)27)33-42(64(4,5)6)34-54(60)72(28,29)30/h31-40H,1-30H3. The average Bonchev–Trinajstić information content (AvgIpc) is 3.21. The molecule has 0 N–H and O–H groups in total. The molecule has 76 heavy (non-hydrogen) atoms. The maximum Gasteiger partial charge on any atom is 0.197 e. The van der Waals surface area contributed by atoms with E-state index in [1.165, 1.54) is 55.6 Å². The predicted octanol–water partition coefficient (Wildman–Crippen LogP) is 19.6. The number of pyridine rings is 2. The van der Waals surface area contributed by atoms with Crippen molar-refractivity contribution in [2.75, 3.05) is 0 Å². The first kappa shape index (κ1) is 58.7. The van der Waals surface area contributed by atoms with Crippen molar-refractivity contribution in [1.82, 2.24) is 9.13 Å². The summed E-state index contributed by atoms with van der Waals surface area (Å²) in [6, 6.07) is 23.1. The Morgan fingerprint density at radius 2 is 0.408 bits per heavy atom. The van der Waals surface area contributed by atoms with Crippen molar-refractivity contribution in [1.29, 1.82) is 0 Å². The van der Waals surface area contributed by atoms with Crippen LogP contribution < -0.4 is 10.9 Å². The lowest BCUT2D eigenvalue weighted by molar-refractivity contribution is 0.531. The molecule has 0 aliphatic heterocycles. The van der Waals surface area contributed by atoms with Gasteiger partial charge in [-0.05, 0) is 146 Å². The third-order valence-electron chi connectivity index (χ3n) is 16.2. The predicted molar refractivity (Wildman–Crippen MR) is 335 cm³/mol. The van der Waals surface area contributed by atoms with Gasteiger partial charge in [-0.25, -0.2) is 0 Å². The number of nitrogens with zero attached hydrogens (tertiary/aromatic N) is 2. The van der Waals surface area contributed by atoms with Crippen LogP contribution in [0.4, 0.5) is 0 Å². The highest BCUT2D eigenvalue weighted by Crippen LogP contribution is 2.48. The number of aromatic nitrogens is 2. The SMILES string of the molecule is CC(C)(C)c1cc(C(C)(C)C)c(-n2c3cc(C(C)(C)C)c(C(C)(C)C)cc3c(=O)c3cc4c(cc32)c(=O)c2cc(C(C)(C)C)c(C(C)(C)C)cc2n4-c2c(C(C)(C)C)cc(C(C)(C)C)cc2C(C)(C)C)c(C(C)(C)C)c1. The van der Waals surface area contributed by atoms with Crippen LogP contribution in [0.5, 0.6) is 0 Å². The summed E-state index contributed by atoms with van der Waals surface area (Å²) in [6.07, 6.45) is 0. The second-order valence-corrected chi connectivity index (χ2v) is 33.4. The first-order valence-electron chi connectivity index (χ1n) is 28.5. The van der Waals surface area contributed by atoms with Crippen LogP contribution in [0.25, 0.3) is 55.0 Å². The monoisotopic (exact) mass is 1020 g/mol. The number of hydrogen-bond acceptors (Lipinski definition) is 2. The quantitative estimate of drug-likeness (QED) is 0.162. The lowest BCUT2D eigenvalue weighted by atomic mass is 9.73. The normalized spacial score (nSPS) is 14.3. The Morgan fingerprint density at radius 1 is 0.224 bits per heavy atom. The fourth-order valence-electron chi connectivity index (χ4n) is 11.6. The molecule has 7 aromatic rings. The third kappa shape index (κ3) is 10.4. The lowest BCUT2D eigenvalue weighted by Crippen LogP contribution is -2.28. The molecule has 410 valence electrons. The molecule has 0 amide bonds. The van der Waals surface area contributed by atoms with Crippen LogP contribution >= 0.6 is 0 Å². The van der Waals surface area contributed by atoms with Gasteiger partial charge in [0.05, 0.1) is 33.4 Å². The molecule has 0 fully saturated rings. The van der Waals surface area contributed by atoms with Gasteiger partial charge < -0.3 is 9.13 Å². The molecule has 2 aromatic heterocycles. The largest absolute Gasteiger partial charge is 0.308 e. The molecular formula is C72H100N2O2. The Morgan fingerprint density at radius 3 is 0.605 bits per heavy atom. The Hall–Kier alpha value is -4.96. The van der Waals surface area contributed by atoms with Crippen molar-refractivity contribution in [3.05, 3.63) is 137 Å². The van der Waals surface area contributed by atoms with Gasteiger partial charge in [-0.1, -0.05) is 232 Å². The van der Waals surface area contributed by atoms with Crippen molar-refractivity contribution >= 4 is 43.6 Å². The Balaban J connectivity index is 1.98. The van der Waals surface area contributed by atoms with Gasteiger partial charge >= 0.3 is 0 Å². The Labute approximate surface area is 460 Å². The molecule has 0 spiro atoms. The molecule has 0 saturated heterocycles. The van der Waals surface area contributed by atoms with Gasteiger partial charge in [0.1, 0.15) is 0 Å². The average molecular weight is 1030 g/mol. The summed E-state index contributed by atoms with van der Waals surface area (Å²) >= 11 is 0. The first-order chi connectivity index (χ1) is 33.9. The summed E-state index contributed by atoms with van der Waals surface area (Å²) in [5.41, 5.74) is 15.0. The van der Waals surface area contributed by atoms with E-state index in [-0.39, 0.29) is 65.0 Å². The van der Waals surface area contributed by atoms with E-state index in [1.54, 1.807) is 0 Å². The van der Waals surface area contributed by atoms with Gasteiger partial charge in [-0.3, -0.25) is 9.59 Å². The second-order valence-electron chi connectivity index (χ2n) is 33.4. The van der Waals surface area contributed by atoms with Gasteiger partial charge in [-0.15, -0.1) is 0 Å². The minimum absolute atomic E-state index is 0.0252. The van der Waals surface area contributed by atoms with E-state index in [0.717, 1.165) is 33.4 Å².